The van der Waals surface area contributed by atoms with E-state index in [-0.39, 0.29) is 16.5 Å². The van der Waals surface area contributed by atoms with Crippen molar-refractivity contribution < 1.29 is 28.5 Å². The Kier molecular flexibility index (Phi) is 5.54. The van der Waals surface area contributed by atoms with E-state index in [1.54, 1.807) is 18.2 Å². The summed E-state index contributed by atoms with van der Waals surface area (Å²) in [6.45, 7) is 5.49. The Morgan fingerprint density at radius 1 is 1.30 bits per heavy atom. The fourth-order valence-electron chi connectivity index (χ4n) is 3.28. The predicted molar refractivity (Wildman–Crippen MR) is 113 cm³/mol. The minimum Gasteiger partial charge on any atom is -0.481 e. The van der Waals surface area contributed by atoms with E-state index in [2.05, 4.69) is 15.6 Å². The number of urea groups is 1. The number of benzene rings is 1. The van der Waals surface area contributed by atoms with Crippen LogP contribution in [0.15, 0.2) is 41.4 Å². The molecule has 1 aromatic carbocycles. The first-order valence-corrected chi connectivity index (χ1v) is 10.5. The SMILES string of the molecule is COc1ncc(N2C(=O)Nc3ccccc3S2(O)O)cc1C(NC(=O)O)C(C)(C)C. The molecule has 11 heteroatoms. The quantitative estimate of drug-likeness (QED) is 0.474. The molecule has 0 bridgehead atoms. The minimum absolute atomic E-state index is 0.0826. The molecule has 0 radical (unpaired) electrons. The smallest absolute Gasteiger partial charge is 0.405 e. The lowest BCUT2D eigenvalue weighted by molar-refractivity contribution is 0.174. The van der Waals surface area contributed by atoms with Crippen LogP contribution in [-0.4, -0.2) is 38.4 Å². The van der Waals surface area contributed by atoms with E-state index in [9.17, 15) is 23.8 Å². The molecule has 0 spiro atoms. The lowest BCUT2D eigenvalue weighted by Gasteiger charge is -2.46. The summed E-state index contributed by atoms with van der Waals surface area (Å²) < 4.78 is 27.9. The highest BCUT2D eigenvalue weighted by Gasteiger charge is 2.39. The van der Waals surface area contributed by atoms with Gasteiger partial charge in [-0.1, -0.05) is 43.7 Å². The van der Waals surface area contributed by atoms with Crippen molar-refractivity contribution in [2.24, 2.45) is 5.41 Å². The highest BCUT2D eigenvalue weighted by molar-refractivity contribution is 8.26. The lowest BCUT2D eigenvalue weighted by Crippen LogP contribution is -2.41. The Labute approximate surface area is 175 Å². The van der Waals surface area contributed by atoms with Gasteiger partial charge >= 0.3 is 12.1 Å². The molecule has 0 aliphatic carbocycles. The number of anilines is 2. The van der Waals surface area contributed by atoms with Crippen molar-refractivity contribution in [3.63, 3.8) is 0 Å². The van der Waals surface area contributed by atoms with Crippen molar-refractivity contribution in [1.29, 1.82) is 0 Å². The summed E-state index contributed by atoms with van der Waals surface area (Å²) in [4.78, 5) is 28.5. The number of hydrogen-bond acceptors (Lipinski definition) is 6. The fourth-order valence-corrected chi connectivity index (χ4v) is 4.83. The zero-order chi connectivity index (χ0) is 22.3. The van der Waals surface area contributed by atoms with Crippen molar-refractivity contribution in [3.8, 4) is 5.88 Å². The van der Waals surface area contributed by atoms with Gasteiger partial charge < -0.3 is 20.5 Å². The summed E-state index contributed by atoms with van der Waals surface area (Å²) in [6, 6.07) is 6.36. The first kappa shape index (κ1) is 21.7. The molecule has 1 aliphatic heterocycles. The van der Waals surface area contributed by atoms with E-state index in [4.69, 9.17) is 4.74 Å². The van der Waals surface area contributed by atoms with Gasteiger partial charge in [-0.2, -0.15) is 4.31 Å². The second kappa shape index (κ2) is 7.67. The van der Waals surface area contributed by atoms with Gasteiger partial charge in [-0.05, 0) is 23.6 Å². The number of para-hydroxylation sites is 1. The predicted octanol–water partition coefficient (Wildman–Crippen LogP) is 4.52. The van der Waals surface area contributed by atoms with Crippen molar-refractivity contribution in [1.82, 2.24) is 10.3 Å². The molecule has 1 unspecified atom stereocenters. The number of hydrogen-bond donors (Lipinski definition) is 5. The Hall–Kier alpha value is -3.02. The number of carbonyl (C=O) groups is 2. The molecule has 2 aromatic rings. The van der Waals surface area contributed by atoms with E-state index >= 15 is 0 Å². The molecule has 0 saturated heterocycles. The van der Waals surface area contributed by atoms with Gasteiger partial charge in [-0.15, -0.1) is 0 Å². The van der Waals surface area contributed by atoms with Crippen LogP contribution in [0.3, 0.4) is 0 Å². The number of carboxylic acid groups (broad SMARTS) is 1. The number of ether oxygens (including phenoxy) is 1. The molecule has 5 N–H and O–H groups in total. The number of nitrogens with one attached hydrogen (secondary N) is 2. The Bertz CT molecular complexity index is 991. The number of pyridine rings is 1. The van der Waals surface area contributed by atoms with Gasteiger partial charge in [-0.25, -0.2) is 14.6 Å². The summed E-state index contributed by atoms with van der Waals surface area (Å²) in [5, 5.41) is 14.4. The van der Waals surface area contributed by atoms with E-state index in [1.807, 2.05) is 20.8 Å². The van der Waals surface area contributed by atoms with Crippen molar-refractivity contribution in [3.05, 3.63) is 42.1 Å². The maximum atomic E-state index is 12.7. The zero-order valence-electron chi connectivity index (χ0n) is 16.9. The standard InChI is InChI=1S/C19H24N4O6S/c1-19(2,3)15(22-18(25)26)12-9-11(10-20-16(12)29-4)23-17(24)21-13-7-5-6-8-14(13)30(23,27)28/h5-10,15,22,27-28H,1-4H3,(H,21,24)(H,25,26). The van der Waals surface area contributed by atoms with E-state index < -0.39 is 34.4 Å². The summed E-state index contributed by atoms with van der Waals surface area (Å²) in [5.74, 6) is 0.154. The number of rotatable bonds is 4. The molecule has 30 heavy (non-hydrogen) atoms. The number of methoxy groups -OCH3 is 1. The normalized spacial score (nSPS) is 17.4. The van der Waals surface area contributed by atoms with E-state index in [0.717, 1.165) is 4.31 Å². The molecule has 1 aromatic heterocycles. The van der Waals surface area contributed by atoms with Crippen molar-refractivity contribution in [2.75, 3.05) is 16.7 Å². The number of carbonyl (C=O) groups excluding carboxylic acids is 1. The van der Waals surface area contributed by atoms with Crippen LogP contribution in [0.25, 0.3) is 0 Å². The van der Waals surface area contributed by atoms with Crippen molar-refractivity contribution in [2.45, 2.75) is 31.7 Å². The second-order valence-electron chi connectivity index (χ2n) is 7.78. The lowest BCUT2D eigenvalue weighted by atomic mass is 9.82. The largest absolute Gasteiger partial charge is 0.481 e. The van der Waals surface area contributed by atoms with Crippen LogP contribution >= 0.6 is 10.8 Å². The second-order valence-corrected chi connectivity index (χ2v) is 9.62. The van der Waals surface area contributed by atoms with Crippen LogP contribution in [0.2, 0.25) is 0 Å². The van der Waals surface area contributed by atoms with Gasteiger partial charge in [0.15, 0.2) is 0 Å². The summed E-state index contributed by atoms with van der Waals surface area (Å²) in [5.41, 5.74) is 0.164. The molecular weight excluding hydrogens is 412 g/mol. The zero-order valence-corrected chi connectivity index (χ0v) is 17.7. The number of aromatic nitrogens is 1. The number of nitrogens with zero attached hydrogens (tertiary/aromatic N) is 2. The van der Waals surface area contributed by atoms with Gasteiger partial charge in [0.25, 0.3) is 0 Å². The maximum absolute atomic E-state index is 12.7. The number of amides is 3. The minimum atomic E-state index is -3.70. The van der Waals surface area contributed by atoms with Gasteiger partial charge in [0.2, 0.25) is 5.88 Å². The Morgan fingerprint density at radius 2 is 1.97 bits per heavy atom. The van der Waals surface area contributed by atoms with Crippen LogP contribution in [0.5, 0.6) is 5.88 Å². The van der Waals surface area contributed by atoms with Crippen LogP contribution < -0.4 is 19.7 Å². The first-order valence-electron chi connectivity index (χ1n) is 8.98. The van der Waals surface area contributed by atoms with Gasteiger partial charge in [0, 0.05) is 5.56 Å². The Balaban J connectivity index is 2.15. The van der Waals surface area contributed by atoms with E-state index in [0.29, 0.717) is 11.3 Å². The van der Waals surface area contributed by atoms with Crippen LogP contribution in [0.1, 0.15) is 32.4 Å². The molecule has 3 amide bonds. The molecule has 0 fully saturated rings. The molecule has 10 nitrogen and oxygen atoms in total. The third-order valence-corrected chi connectivity index (χ3v) is 6.43. The molecule has 162 valence electrons. The molecule has 3 rings (SSSR count). The Morgan fingerprint density at radius 3 is 2.57 bits per heavy atom. The summed E-state index contributed by atoms with van der Waals surface area (Å²) >= 11 is 0. The topological polar surface area (TPSA) is 144 Å². The highest BCUT2D eigenvalue weighted by Crippen LogP contribution is 2.59. The third kappa shape index (κ3) is 3.86. The molecule has 1 aliphatic rings. The average molecular weight is 436 g/mol. The number of fused-ring (bicyclic) bond motifs is 1. The van der Waals surface area contributed by atoms with Gasteiger partial charge in [-0.3, -0.25) is 9.11 Å². The van der Waals surface area contributed by atoms with Crippen LogP contribution in [0.4, 0.5) is 21.0 Å². The average Bonchev–Trinajstić information content (AvgIpc) is 2.64. The fraction of sp³-hybridized carbons (Fsp3) is 0.316. The molecule has 2 heterocycles. The summed E-state index contributed by atoms with van der Waals surface area (Å²) in [7, 11) is -2.31. The summed E-state index contributed by atoms with van der Waals surface area (Å²) in [6.07, 6.45) is 0.0289. The molecule has 0 saturated carbocycles. The van der Waals surface area contributed by atoms with Crippen molar-refractivity contribution >= 4 is 34.3 Å². The van der Waals surface area contributed by atoms with Crippen LogP contribution in [-0.2, 0) is 0 Å². The van der Waals surface area contributed by atoms with Gasteiger partial charge in [0.1, 0.15) is 4.90 Å². The molecular formula is C19H24N4O6S. The maximum Gasteiger partial charge on any atom is 0.405 e. The monoisotopic (exact) mass is 436 g/mol. The third-order valence-electron chi connectivity index (χ3n) is 4.60. The first-order chi connectivity index (χ1) is 14.0. The molecule has 1 atom stereocenters. The van der Waals surface area contributed by atoms with Gasteiger partial charge in [0.05, 0.1) is 30.7 Å². The van der Waals surface area contributed by atoms with Crippen LogP contribution in [0, 0.1) is 5.41 Å². The van der Waals surface area contributed by atoms with E-state index in [1.165, 1.54) is 25.4 Å². The highest BCUT2D eigenvalue weighted by atomic mass is 32.3.